The van der Waals surface area contributed by atoms with Crippen LogP contribution in [0.4, 0.5) is 17.1 Å². The highest BCUT2D eigenvalue weighted by Gasteiger charge is 2.17. The fraction of sp³-hybridized carbons (Fsp3) is 0.226. The number of nitrogens with one attached hydrogen (secondary N) is 2. The van der Waals surface area contributed by atoms with Crippen molar-refractivity contribution in [3.8, 4) is 0 Å². The molecule has 6 heteroatoms. The summed E-state index contributed by atoms with van der Waals surface area (Å²) in [4.78, 5) is 30.9. The van der Waals surface area contributed by atoms with Gasteiger partial charge in [-0.2, -0.15) is 0 Å². The molecule has 2 amide bonds. The van der Waals surface area contributed by atoms with Crippen LogP contribution in [0.25, 0.3) is 10.8 Å². The predicted molar refractivity (Wildman–Crippen MR) is 152 cm³/mol. The molecule has 4 aromatic carbocycles. The van der Waals surface area contributed by atoms with Crippen LogP contribution in [-0.2, 0) is 11.2 Å². The Kier molecular flexibility index (Phi) is 7.19. The number of likely N-dealkylation sites (N-methyl/N-ethyl adjacent to an activating group) is 1. The standard InChI is InChI=1S/C31H32N4O2/c1-22-20-25(35-18-16-34(2)17-19-35)14-15-28(22)33-31(37)27-12-5-6-13-29(27)32-30(36)21-24-10-7-9-23-8-3-4-11-26(23)24/h3-15,20H,16-19,21H2,1-2H3,(H,32,36)(H,33,37). The van der Waals surface area contributed by atoms with Crippen molar-refractivity contribution in [1.82, 2.24) is 4.90 Å². The quantitative estimate of drug-likeness (QED) is 0.382. The van der Waals surface area contributed by atoms with Crippen LogP contribution < -0.4 is 15.5 Å². The summed E-state index contributed by atoms with van der Waals surface area (Å²) in [7, 11) is 2.14. The Hall–Kier alpha value is -4.16. The van der Waals surface area contributed by atoms with Gasteiger partial charge < -0.3 is 20.4 Å². The largest absolute Gasteiger partial charge is 0.369 e. The topological polar surface area (TPSA) is 64.7 Å². The number of benzene rings is 4. The molecule has 1 heterocycles. The molecule has 1 fully saturated rings. The number of amides is 2. The maximum atomic E-state index is 13.2. The van der Waals surface area contributed by atoms with E-state index in [0.29, 0.717) is 11.3 Å². The van der Waals surface area contributed by atoms with Gasteiger partial charge in [0.1, 0.15) is 0 Å². The molecule has 0 unspecified atom stereocenters. The summed E-state index contributed by atoms with van der Waals surface area (Å²) in [5.74, 6) is -0.416. The summed E-state index contributed by atoms with van der Waals surface area (Å²) in [5, 5.41) is 8.14. The second-order valence-electron chi connectivity index (χ2n) is 9.65. The number of aryl methyl sites for hydroxylation is 1. The van der Waals surface area contributed by atoms with E-state index in [2.05, 4.69) is 39.6 Å². The molecule has 1 aliphatic rings. The van der Waals surface area contributed by atoms with Crippen molar-refractivity contribution in [2.75, 3.05) is 48.8 Å². The maximum absolute atomic E-state index is 13.2. The minimum Gasteiger partial charge on any atom is -0.369 e. The molecule has 6 nitrogen and oxygen atoms in total. The van der Waals surface area contributed by atoms with Crippen LogP contribution in [0.1, 0.15) is 21.5 Å². The van der Waals surface area contributed by atoms with E-state index in [9.17, 15) is 9.59 Å². The fourth-order valence-corrected chi connectivity index (χ4v) is 4.84. The molecule has 37 heavy (non-hydrogen) atoms. The number of para-hydroxylation sites is 1. The molecule has 0 radical (unpaired) electrons. The number of fused-ring (bicyclic) bond motifs is 1. The van der Waals surface area contributed by atoms with Crippen LogP contribution in [0.15, 0.2) is 84.9 Å². The third-order valence-corrected chi connectivity index (χ3v) is 7.00. The van der Waals surface area contributed by atoms with E-state index in [1.165, 1.54) is 5.69 Å². The summed E-state index contributed by atoms with van der Waals surface area (Å²) in [5.41, 5.74) is 4.81. The second-order valence-corrected chi connectivity index (χ2v) is 9.65. The Bertz CT molecular complexity index is 1440. The number of nitrogens with zero attached hydrogens (tertiary/aromatic N) is 2. The highest BCUT2D eigenvalue weighted by molar-refractivity contribution is 6.10. The van der Waals surface area contributed by atoms with Gasteiger partial charge in [0.2, 0.25) is 5.91 Å². The Balaban J connectivity index is 1.28. The molecule has 0 atom stereocenters. The summed E-state index contributed by atoms with van der Waals surface area (Å²) in [6.07, 6.45) is 0.226. The van der Waals surface area contributed by atoms with Gasteiger partial charge in [0.25, 0.3) is 5.91 Å². The van der Waals surface area contributed by atoms with E-state index < -0.39 is 0 Å². The van der Waals surface area contributed by atoms with E-state index >= 15 is 0 Å². The number of hydrogen-bond donors (Lipinski definition) is 2. The van der Waals surface area contributed by atoms with Crippen molar-refractivity contribution in [1.29, 1.82) is 0 Å². The van der Waals surface area contributed by atoms with Gasteiger partial charge in [-0.3, -0.25) is 9.59 Å². The molecule has 2 N–H and O–H groups in total. The van der Waals surface area contributed by atoms with E-state index in [0.717, 1.165) is 53.8 Å². The molecule has 1 aliphatic heterocycles. The van der Waals surface area contributed by atoms with Crippen LogP contribution >= 0.6 is 0 Å². The molecule has 188 valence electrons. The molecular formula is C31H32N4O2. The molecule has 4 aromatic rings. The van der Waals surface area contributed by atoms with Crippen molar-refractivity contribution in [2.24, 2.45) is 0 Å². The lowest BCUT2D eigenvalue weighted by atomic mass is 10.0. The van der Waals surface area contributed by atoms with Gasteiger partial charge in [-0.05, 0) is 66.2 Å². The SMILES string of the molecule is Cc1cc(N2CCN(C)CC2)ccc1NC(=O)c1ccccc1NC(=O)Cc1cccc2ccccc12. The monoisotopic (exact) mass is 492 g/mol. The number of piperazine rings is 1. The highest BCUT2D eigenvalue weighted by Crippen LogP contribution is 2.26. The first-order valence-corrected chi connectivity index (χ1v) is 12.7. The Labute approximate surface area is 217 Å². The minimum atomic E-state index is -0.253. The Morgan fingerprint density at radius 3 is 2.32 bits per heavy atom. The lowest BCUT2D eigenvalue weighted by Gasteiger charge is -2.34. The van der Waals surface area contributed by atoms with Crippen LogP contribution in [0.3, 0.4) is 0 Å². The zero-order chi connectivity index (χ0) is 25.8. The zero-order valence-electron chi connectivity index (χ0n) is 21.3. The molecule has 0 aromatic heterocycles. The van der Waals surface area contributed by atoms with Gasteiger partial charge in [-0.1, -0.05) is 54.6 Å². The zero-order valence-corrected chi connectivity index (χ0v) is 21.3. The van der Waals surface area contributed by atoms with Crippen molar-refractivity contribution < 1.29 is 9.59 Å². The molecule has 0 spiro atoms. The average Bonchev–Trinajstić information content (AvgIpc) is 2.91. The van der Waals surface area contributed by atoms with Gasteiger partial charge in [0.15, 0.2) is 0 Å². The summed E-state index contributed by atoms with van der Waals surface area (Å²) in [6, 6.07) is 27.3. The normalized spacial score (nSPS) is 13.9. The first-order valence-electron chi connectivity index (χ1n) is 12.7. The van der Waals surface area contributed by atoms with Gasteiger partial charge in [0, 0.05) is 37.6 Å². The summed E-state index contributed by atoms with van der Waals surface area (Å²) in [6.45, 7) is 6.08. The first-order chi connectivity index (χ1) is 18.0. The van der Waals surface area contributed by atoms with Gasteiger partial charge >= 0.3 is 0 Å². The van der Waals surface area contributed by atoms with Crippen LogP contribution in [0.5, 0.6) is 0 Å². The van der Waals surface area contributed by atoms with Crippen molar-refractivity contribution >= 4 is 39.6 Å². The van der Waals surface area contributed by atoms with Crippen molar-refractivity contribution in [3.05, 3.63) is 102 Å². The minimum absolute atomic E-state index is 0.163. The first kappa shape index (κ1) is 24.5. The second kappa shape index (κ2) is 10.8. The number of carbonyl (C=O) groups is 2. The summed E-state index contributed by atoms with van der Waals surface area (Å²) >= 11 is 0. The number of hydrogen-bond acceptors (Lipinski definition) is 4. The van der Waals surface area contributed by atoms with E-state index in [-0.39, 0.29) is 18.2 Å². The van der Waals surface area contributed by atoms with Crippen molar-refractivity contribution in [2.45, 2.75) is 13.3 Å². The van der Waals surface area contributed by atoms with Gasteiger partial charge in [0.05, 0.1) is 17.7 Å². The lowest BCUT2D eigenvalue weighted by Crippen LogP contribution is -2.44. The Morgan fingerprint density at radius 1 is 0.784 bits per heavy atom. The van der Waals surface area contributed by atoms with Gasteiger partial charge in [-0.25, -0.2) is 0 Å². The predicted octanol–water partition coefficient (Wildman–Crippen LogP) is 5.33. The highest BCUT2D eigenvalue weighted by atomic mass is 16.2. The maximum Gasteiger partial charge on any atom is 0.257 e. The Morgan fingerprint density at radius 2 is 1.51 bits per heavy atom. The third kappa shape index (κ3) is 5.65. The van der Waals surface area contributed by atoms with Gasteiger partial charge in [-0.15, -0.1) is 0 Å². The van der Waals surface area contributed by atoms with E-state index in [4.69, 9.17) is 0 Å². The number of rotatable bonds is 6. The molecular weight excluding hydrogens is 460 g/mol. The van der Waals surface area contributed by atoms with Crippen molar-refractivity contribution in [3.63, 3.8) is 0 Å². The van der Waals surface area contributed by atoms with Crippen LogP contribution in [-0.4, -0.2) is 49.9 Å². The molecule has 0 saturated carbocycles. The third-order valence-electron chi connectivity index (χ3n) is 7.00. The molecule has 0 aliphatic carbocycles. The van der Waals surface area contributed by atoms with Crippen LogP contribution in [0, 0.1) is 6.92 Å². The lowest BCUT2D eigenvalue weighted by molar-refractivity contribution is -0.115. The van der Waals surface area contributed by atoms with E-state index in [1.807, 2.05) is 61.5 Å². The van der Waals surface area contributed by atoms with E-state index in [1.54, 1.807) is 18.2 Å². The molecule has 5 rings (SSSR count). The fourth-order valence-electron chi connectivity index (χ4n) is 4.84. The molecule has 1 saturated heterocycles. The number of carbonyl (C=O) groups excluding carboxylic acids is 2. The van der Waals surface area contributed by atoms with Crippen LogP contribution in [0.2, 0.25) is 0 Å². The number of anilines is 3. The average molecular weight is 493 g/mol. The smallest absolute Gasteiger partial charge is 0.257 e. The summed E-state index contributed by atoms with van der Waals surface area (Å²) < 4.78 is 0. The molecule has 0 bridgehead atoms.